The van der Waals surface area contributed by atoms with Gasteiger partial charge in [-0.25, -0.2) is 4.98 Å². The van der Waals surface area contributed by atoms with Crippen LogP contribution in [0.25, 0.3) is 5.70 Å². The molecule has 29 heavy (non-hydrogen) atoms. The summed E-state index contributed by atoms with van der Waals surface area (Å²) in [6, 6.07) is 2.30. The number of nitrogens with one attached hydrogen (secondary N) is 2. The number of likely N-dealkylation sites (N-methyl/N-ethyl adjacent to an activating group) is 1. The number of nitrogens with zero attached hydrogens (tertiary/aromatic N) is 3. The lowest BCUT2D eigenvalue weighted by molar-refractivity contribution is -0.00897. The van der Waals surface area contributed by atoms with E-state index in [9.17, 15) is 0 Å². The third-order valence-corrected chi connectivity index (χ3v) is 5.98. The molecule has 0 bridgehead atoms. The monoisotopic (exact) mass is 395 g/mol. The molecule has 1 saturated heterocycles. The number of anilines is 1. The largest absolute Gasteiger partial charge is 0.371 e. The Morgan fingerprint density at radius 1 is 1.24 bits per heavy atom. The number of piperidine rings is 1. The molecule has 2 unspecified atom stereocenters. The third kappa shape index (κ3) is 4.55. The van der Waals surface area contributed by atoms with Gasteiger partial charge >= 0.3 is 0 Å². The predicted octanol–water partition coefficient (Wildman–Crippen LogP) is 3.20. The van der Waals surface area contributed by atoms with Gasteiger partial charge in [0.2, 0.25) is 0 Å². The van der Waals surface area contributed by atoms with Crippen LogP contribution in [0.4, 0.5) is 5.82 Å². The van der Waals surface area contributed by atoms with E-state index in [4.69, 9.17) is 9.82 Å². The first kappa shape index (κ1) is 20.1. The quantitative estimate of drug-likeness (QED) is 0.817. The van der Waals surface area contributed by atoms with Gasteiger partial charge in [0.25, 0.3) is 0 Å². The van der Waals surface area contributed by atoms with Gasteiger partial charge in [-0.05, 0) is 69.9 Å². The molecule has 6 nitrogen and oxygen atoms in total. The van der Waals surface area contributed by atoms with Crippen LogP contribution >= 0.6 is 0 Å². The molecule has 4 rings (SSSR count). The molecule has 156 valence electrons. The van der Waals surface area contributed by atoms with Crippen LogP contribution in [-0.4, -0.2) is 48.8 Å². The van der Waals surface area contributed by atoms with Crippen LogP contribution in [0.15, 0.2) is 42.8 Å². The van der Waals surface area contributed by atoms with Crippen molar-refractivity contribution < 1.29 is 4.84 Å². The minimum absolute atomic E-state index is 0.00186. The van der Waals surface area contributed by atoms with E-state index in [2.05, 4.69) is 51.5 Å². The molecular weight excluding hydrogens is 362 g/mol. The first-order valence-corrected chi connectivity index (χ1v) is 10.8. The Bertz CT molecular complexity index is 796. The molecule has 6 heteroatoms. The van der Waals surface area contributed by atoms with Crippen LogP contribution in [0, 0.1) is 0 Å². The number of aromatic nitrogens is 1. The Hall–Kier alpha value is -2.15. The van der Waals surface area contributed by atoms with Crippen molar-refractivity contribution in [1.82, 2.24) is 20.7 Å². The van der Waals surface area contributed by atoms with Gasteiger partial charge in [-0.3, -0.25) is 10.2 Å². The van der Waals surface area contributed by atoms with E-state index in [1.54, 1.807) is 0 Å². The Morgan fingerprint density at radius 2 is 2.07 bits per heavy atom. The van der Waals surface area contributed by atoms with E-state index in [0.717, 1.165) is 55.3 Å². The van der Waals surface area contributed by atoms with Crippen LogP contribution in [0.2, 0.25) is 0 Å². The standard InChI is InChI=1S/C23H33N5O/c1-17-9-10-21(15-22(24-3)26-29-17)28-13-7-8-19-14-20(16-25-23(19)28)18(2)27-11-5-4-6-12-27/h9-10,14-17,22,24,26H,2,4-8,11-13H2,1,3H3/b10-9-,21-15+. The highest BCUT2D eigenvalue weighted by Crippen LogP contribution is 2.32. The van der Waals surface area contributed by atoms with Crippen molar-refractivity contribution in [1.29, 1.82) is 0 Å². The smallest absolute Gasteiger partial charge is 0.136 e. The SMILES string of the molecule is C=C(c1cnc2c(c1)CCCN2C1=C/C(NC)NOC(C)/C=C\1)N1CCCCC1. The summed E-state index contributed by atoms with van der Waals surface area (Å²) in [5.74, 6) is 1.06. The lowest BCUT2D eigenvalue weighted by Gasteiger charge is -2.34. The van der Waals surface area contributed by atoms with Crippen LogP contribution in [0.3, 0.4) is 0 Å². The maximum Gasteiger partial charge on any atom is 0.136 e. The van der Waals surface area contributed by atoms with Crippen molar-refractivity contribution in [3.05, 3.63) is 53.9 Å². The Labute approximate surface area is 174 Å². The van der Waals surface area contributed by atoms with Gasteiger partial charge in [0.1, 0.15) is 12.0 Å². The normalized spacial score (nSPS) is 28.0. The van der Waals surface area contributed by atoms with Gasteiger partial charge in [0.15, 0.2) is 0 Å². The van der Waals surface area contributed by atoms with E-state index in [0.29, 0.717) is 0 Å². The number of hydrogen-bond acceptors (Lipinski definition) is 6. The van der Waals surface area contributed by atoms with Gasteiger partial charge in [0, 0.05) is 42.8 Å². The molecule has 3 aliphatic heterocycles. The molecule has 4 heterocycles. The van der Waals surface area contributed by atoms with Gasteiger partial charge < -0.3 is 9.80 Å². The first-order chi connectivity index (χ1) is 14.2. The average Bonchev–Trinajstić information content (AvgIpc) is 2.76. The fraction of sp³-hybridized carbons (Fsp3) is 0.522. The zero-order valence-electron chi connectivity index (χ0n) is 17.7. The molecule has 1 aromatic heterocycles. The molecule has 1 fully saturated rings. The minimum atomic E-state index is -0.0547. The lowest BCUT2D eigenvalue weighted by atomic mass is 10.0. The average molecular weight is 396 g/mol. The maximum atomic E-state index is 5.60. The van der Waals surface area contributed by atoms with Crippen molar-refractivity contribution in [2.24, 2.45) is 0 Å². The summed E-state index contributed by atoms with van der Waals surface area (Å²) >= 11 is 0. The minimum Gasteiger partial charge on any atom is -0.371 e. The highest BCUT2D eigenvalue weighted by Gasteiger charge is 2.23. The number of hydroxylamine groups is 1. The molecule has 3 aliphatic rings. The van der Waals surface area contributed by atoms with Crippen molar-refractivity contribution in [3.8, 4) is 0 Å². The zero-order chi connectivity index (χ0) is 20.2. The maximum absolute atomic E-state index is 5.60. The second kappa shape index (κ2) is 9.11. The number of pyridine rings is 1. The van der Waals surface area contributed by atoms with Crippen LogP contribution in [0.5, 0.6) is 0 Å². The van der Waals surface area contributed by atoms with Gasteiger partial charge in [0.05, 0.1) is 6.10 Å². The Balaban J connectivity index is 1.61. The third-order valence-electron chi connectivity index (χ3n) is 5.98. The second-order valence-electron chi connectivity index (χ2n) is 8.11. The molecule has 0 amide bonds. The highest BCUT2D eigenvalue weighted by atomic mass is 16.7. The van der Waals surface area contributed by atoms with Crippen molar-refractivity contribution in [3.63, 3.8) is 0 Å². The van der Waals surface area contributed by atoms with Gasteiger partial charge in [-0.2, -0.15) is 5.48 Å². The number of fused-ring (bicyclic) bond motifs is 1. The zero-order valence-corrected chi connectivity index (χ0v) is 17.7. The molecule has 0 radical (unpaired) electrons. The molecule has 0 aliphatic carbocycles. The number of likely N-dealkylation sites (tertiary alicyclic amines) is 1. The molecule has 2 atom stereocenters. The number of rotatable bonds is 4. The van der Waals surface area contributed by atoms with Gasteiger partial charge in [-0.15, -0.1) is 0 Å². The topological polar surface area (TPSA) is 52.7 Å². The summed E-state index contributed by atoms with van der Waals surface area (Å²) in [6.07, 6.45) is 14.3. The van der Waals surface area contributed by atoms with Crippen molar-refractivity contribution >= 4 is 11.5 Å². The number of hydrogen-bond donors (Lipinski definition) is 2. The summed E-state index contributed by atoms with van der Waals surface area (Å²) in [7, 11) is 1.92. The van der Waals surface area contributed by atoms with E-state index in [1.165, 1.54) is 24.8 Å². The fourth-order valence-corrected chi connectivity index (χ4v) is 4.26. The first-order valence-electron chi connectivity index (χ1n) is 10.8. The molecule has 0 saturated carbocycles. The number of allylic oxidation sites excluding steroid dienone is 1. The number of aryl methyl sites for hydroxylation is 1. The second-order valence-corrected chi connectivity index (χ2v) is 8.11. The molecule has 0 spiro atoms. The van der Waals surface area contributed by atoms with Crippen molar-refractivity contribution in [2.45, 2.75) is 51.3 Å². The fourth-order valence-electron chi connectivity index (χ4n) is 4.26. The summed E-state index contributed by atoms with van der Waals surface area (Å²) < 4.78 is 0. The summed E-state index contributed by atoms with van der Waals surface area (Å²) in [5.41, 5.74) is 7.80. The lowest BCUT2D eigenvalue weighted by Crippen LogP contribution is -2.42. The summed E-state index contributed by atoms with van der Waals surface area (Å²) in [6.45, 7) is 9.59. The molecule has 2 N–H and O–H groups in total. The van der Waals surface area contributed by atoms with E-state index in [-0.39, 0.29) is 12.3 Å². The molecule has 0 aromatic carbocycles. The Morgan fingerprint density at radius 3 is 2.86 bits per heavy atom. The van der Waals surface area contributed by atoms with Crippen molar-refractivity contribution in [2.75, 3.05) is 31.6 Å². The van der Waals surface area contributed by atoms with Crippen LogP contribution in [-0.2, 0) is 11.3 Å². The van der Waals surface area contributed by atoms with E-state index >= 15 is 0 Å². The predicted molar refractivity (Wildman–Crippen MR) is 118 cm³/mol. The van der Waals surface area contributed by atoms with E-state index < -0.39 is 0 Å². The van der Waals surface area contributed by atoms with E-state index in [1.807, 2.05) is 20.2 Å². The summed E-state index contributed by atoms with van der Waals surface area (Å²) in [5, 5.41) is 3.24. The Kier molecular flexibility index (Phi) is 6.33. The van der Waals surface area contributed by atoms with Crippen LogP contribution < -0.4 is 15.7 Å². The van der Waals surface area contributed by atoms with Crippen LogP contribution in [0.1, 0.15) is 43.7 Å². The highest BCUT2D eigenvalue weighted by molar-refractivity contribution is 5.66. The molecular formula is C23H33N5O. The summed E-state index contributed by atoms with van der Waals surface area (Å²) in [4.78, 5) is 15.2. The molecule has 1 aromatic rings. The van der Waals surface area contributed by atoms with Gasteiger partial charge in [-0.1, -0.05) is 12.7 Å².